The minimum absolute atomic E-state index is 0. The summed E-state index contributed by atoms with van der Waals surface area (Å²) in [5.41, 5.74) is -4.62. The molecule has 0 aromatic rings. The molecular weight excluding hydrogens is 290 g/mol. The molecule has 0 aliphatic rings. The molecule has 3 nitrogen and oxygen atoms in total. The monoisotopic (exact) mass is 306 g/mol. The van der Waals surface area contributed by atoms with E-state index in [9.17, 15) is 34.8 Å². The lowest BCUT2D eigenvalue weighted by Crippen LogP contribution is -2.54. The van der Waals surface area contributed by atoms with E-state index in [1.54, 1.807) is 6.92 Å². The van der Waals surface area contributed by atoms with Crippen LogP contribution in [0, 0.1) is 0 Å². The van der Waals surface area contributed by atoms with Crippen LogP contribution in [-0.4, -0.2) is 43.5 Å². The van der Waals surface area contributed by atoms with Crippen LogP contribution in [-0.2, 0) is 9.84 Å². The van der Waals surface area contributed by atoms with Gasteiger partial charge < -0.3 is 5.11 Å². The third-order valence-electron chi connectivity index (χ3n) is 1.63. The van der Waals surface area contributed by atoms with Gasteiger partial charge in [0.25, 0.3) is 5.60 Å². The molecule has 0 radical (unpaired) electrons. The Morgan fingerprint density at radius 1 is 1.00 bits per heavy atom. The minimum atomic E-state index is -5.69. The molecule has 0 aliphatic carbocycles. The average Bonchev–Trinajstić information content (AvgIpc) is 2.00. The topological polar surface area (TPSA) is 54.4 Å². The van der Waals surface area contributed by atoms with Crippen molar-refractivity contribution in [1.29, 1.82) is 0 Å². The lowest BCUT2D eigenvalue weighted by molar-refractivity contribution is -0.360. The maximum Gasteiger partial charge on any atom is 0.425 e. The third-order valence-corrected chi connectivity index (χ3v) is 2.68. The fraction of sp³-hybridized carbons (Fsp3) is 1.00. The summed E-state index contributed by atoms with van der Waals surface area (Å²) in [6, 6.07) is 0. The van der Waals surface area contributed by atoms with E-state index in [1.165, 1.54) is 6.26 Å². The number of hydrogen-bond acceptors (Lipinski definition) is 3. The summed E-state index contributed by atoms with van der Waals surface area (Å²) in [5.74, 6) is 0.243. The average molecular weight is 306 g/mol. The van der Waals surface area contributed by atoms with Crippen LogP contribution in [0.25, 0.3) is 0 Å². The number of sulfone groups is 1. The smallest absolute Gasteiger partial charge is 0.374 e. The lowest BCUT2D eigenvalue weighted by Gasteiger charge is -2.28. The normalized spacial score (nSPS) is 13.2. The van der Waals surface area contributed by atoms with Crippen molar-refractivity contribution in [3.8, 4) is 0 Å². The van der Waals surface area contributed by atoms with Gasteiger partial charge in [0.05, 0.1) is 0 Å². The molecule has 18 heavy (non-hydrogen) atoms. The van der Waals surface area contributed by atoms with Crippen molar-refractivity contribution in [1.82, 2.24) is 0 Å². The highest BCUT2D eigenvalue weighted by Crippen LogP contribution is 2.42. The zero-order valence-corrected chi connectivity index (χ0v) is 9.96. The van der Waals surface area contributed by atoms with E-state index in [-0.39, 0.29) is 20.1 Å². The van der Waals surface area contributed by atoms with Crippen LogP contribution in [0.2, 0.25) is 0 Å². The lowest BCUT2D eigenvalue weighted by atomic mass is 10.1. The first-order chi connectivity index (χ1) is 7.06. The molecule has 0 aromatic heterocycles. The van der Waals surface area contributed by atoms with Crippen LogP contribution in [0.5, 0.6) is 0 Å². The van der Waals surface area contributed by atoms with Crippen LogP contribution in [0.1, 0.15) is 21.3 Å². The summed E-state index contributed by atoms with van der Waals surface area (Å²) in [4.78, 5) is 0. The van der Waals surface area contributed by atoms with Gasteiger partial charge in [0.15, 0.2) is 0 Å². The molecular formula is C8H16F6O3S. The van der Waals surface area contributed by atoms with Crippen molar-refractivity contribution in [3.63, 3.8) is 0 Å². The predicted octanol–water partition coefficient (Wildman–Crippen LogP) is 2.55. The van der Waals surface area contributed by atoms with E-state index in [4.69, 9.17) is 5.11 Å². The molecule has 114 valence electrons. The number of alkyl halides is 6. The van der Waals surface area contributed by atoms with Crippen molar-refractivity contribution in [2.24, 2.45) is 0 Å². The van der Waals surface area contributed by atoms with Crippen molar-refractivity contribution in [2.75, 3.05) is 12.0 Å². The Morgan fingerprint density at radius 2 is 1.17 bits per heavy atom. The van der Waals surface area contributed by atoms with Crippen LogP contribution < -0.4 is 0 Å². The summed E-state index contributed by atoms with van der Waals surface area (Å²) in [5, 5.41) is 7.94. The first-order valence-corrected chi connectivity index (χ1v) is 6.16. The van der Waals surface area contributed by atoms with Crippen LogP contribution in [0.4, 0.5) is 26.3 Å². The maximum atomic E-state index is 11.4. The summed E-state index contributed by atoms with van der Waals surface area (Å²) in [7, 11) is -2.66. The van der Waals surface area contributed by atoms with Crippen molar-refractivity contribution in [2.45, 2.75) is 39.2 Å². The Kier molecular flexibility index (Phi) is 8.30. The van der Waals surface area contributed by atoms with Crippen molar-refractivity contribution >= 4 is 9.84 Å². The number of rotatable bonds is 1. The molecule has 0 bridgehead atoms. The van der Waals surface area contributed by atoms with E-state index >= 15 is 0 Å². The number of aliphatic hydroxyl groups is 1. The second-order valence-corrected chi connectivity index (χ2v) is 5.71. The highest BCUT2D eigenvalue weighted by molar-refractivity contribution is 7.90. The Balaban J connectivity index is -0.000000277. The molecule has 0 aliphatic heterocycles. The molecule has 0 atom stereocenters. The Morgan fingerprint density at radius 3 is 1.17 bits per heavy atom. The van der Waals surface area contributed by atoms with Gasteiger partial charge in [0, 0.05) is 12.0 Å². The second kappa shape index (κ2) is 6.60. The van der Waals surface area contributed by atoms with Crippen LogP contribution in [0.15, 0.2) is 0 Å². The summed E-state index contributed by atoms with van der Waals surface area (Å²) in [6.45, 7) is 1.28. The standard InChI is InChI=1S/C4H4F6O.C3H8O2S.CH4/c1-2(11,3(5,6)7)4(8,9)10;1-3-6(2,4)5;/h11H,1H3;3H2,1-2H3;1H4. The molecule has 0 amide bonds. The third kappa shape index (κ3) is 7.75. The summed E-state index contributed by atoms with van der Waals surface area (Å²) >= 11 is 0. The highest BCUT2D eigenvalue weighted by atomic mass is 32.2. The van der Waals surface area contributed by atoms with Gasteiger partial charge in [-0.2, -0.15) is 26.3 Å². The van der Waals surface area contributed by atoms with E-state index in [0.717, 1.165) is 0 Å². The zero-order chi connectivity index (χ0) is 14.7. The van der Waals surface area contributed by atoms with Crippen LogP contribution in [0.3, 0.4) is 0 Å². The largest absolute Gasteiger partial charge is 0.425 e. The van der Waals surface area contributed by atoms with Gasteiger partial charge in [-0.05, 0) is 6.92 Å². The van der Waals surface area contributed by atoms with Crippen LogP contribution >= 0.6 is 0 Å². The Labute approximate surface area is 102 Å². The van der Waals surface area contributed by atoms with Gasteiger partial charge >= 0.3 is 12.4 Å². The van der Waals surface area contributed by atoms with Gasteiger partial charge in [-0.1, -0.05) is 14.4 Å². The molecule has 0 unspecified atom stereocenters. The first kappa shape index (κ1) is 22.7. The van der Waals surface area contributed by atoms with Crippen molar-refractivity contribution < 1.29 is 39.9 Å². The van der Waals surface area contributed by atoms with Gasteiger partial charge in [0.2, 0.25) is 0 Å². The molecule has 0 heterocycles. The van der Waals surface area contributed by atoms with Gasteiger partial charge in [-0.15, -0.1) is 0 Å². The van der Waals surface area contributed by atoms with Gasteiger partial charge in [0.1, 0.15) is 9.84 Å². The minimum Gasteiger partial charge on any atom is -0.374 e. The first-order valence-electron chi connectivity index (χ1n) is 4.09. The molecule has 0 saturated heterocycles. The predicted molar refractivity (Wildman–Crippen MR) is 54.8 cm³/mol. The maximum absolute atomic E-state index is 11.4. The molecule has 0 fully saturated rings. The fourth-order valence-electron chi connectivity index (χ4n) is 0.161. The zero-order valence-electron chi connectivity index (χ0n) is 9.15. The molecule has 0 saturated carbocycles. The highest BCUT2D eigenvalue weighted by Gasteiger charge is 2.67. The van der Waals surface area contributed by atoms with Gasteiger partial charge in [-0.3, -0.25) is 0 Å². The quantitative estimate of drug-likeness (QED) is 0.758. The second-order valence-electron chi connectivity index (χ2n) is 3.28. The van der Waals surface area contributed by atoms with E-state index in [0.29, 0.717) is 0 Å². The number of halogens is 6. The SMILES string of the molecule is C.CC(O)(C(F)(F)F)C(F)(F)F.CCS(C)(=O)=O. The molecule has 0 aromatic carbocycles. The summed E-state index contributed by atoms with van der Waals surface area (Å²) in [6.07, 6.45) is -10.2. The fourth-order valence-corrected chi connectivity index (χ4v) is 0.161. The number of hydrogen-bond donors (Lipinski definition) is 1. The molecule has 0 rings (SSSR count). The van der Waals surface area contributed by atoms with E-state index in [1.807, 2.05) is 0 Å². The van der Waals surface area contributed by atoms with E-state index in [2.05, 4.69) is 0 Å². The Hall–Kier alpha value is -0.510. The molecule has 0 spiro atoms. The Bertz CT molecular complexity index is 312. The molecule has 10 heteroatoms. The van der Waals surface area contributed by atoms with Crippen molar-refractivity contribution in [3.05, 3.63) is 0 Å². The van der Waals surface area contributed by atoms with E-state index < -0.39 is 27.8 Å². The van der Waals surface area contributed by atoms with Gasteiger partial charge in [-0.25, -0.2) is 8.42 Å². The molecule has 1 N–H and O–H groups in total. The summed E-state index contributed by atoms with van der Waals surface area (Å²) < 4.78 is 88.2.